The molecular formula is C19H12ClF3N2O5. The van der Waals surface area contributed by atoms with E-state index in [1.807, 2.05) is 0 Å². The molecule has 2 N–H and O–H groups in total. The molecule has 2 aromatic heterocycles. The number of rotatable bonds is 4. The minimum atomic E-state index is -4.50. The molecule has 0 atom stereocenters. The van der Waals surface area contributed by atoms with Gasteiger partial charge in [0.15, 0.2) is 0 Å². The average Bonchev–Trinajstić information content (AvgIpc) is 2.68. The first-order chi connectivity index (χ1) is 14.1. The quantitative estimate of drug-likeness (QED) is 0.548. The number of hydrogen-bond acceptors (Lipinski definition) is 5. The smallest absolute Gasteiger partial charge is 0.416 e. The van der Waals surface area contributed by atoms with Crippen molar-refractivity contribution < 1.29 is 37.7 Å². The number of carbonyl (C=O) groups is 2. The van der Waals surface area contributed by atoms with Crippen LogP contribution in [0.2, 0.25) is 5.15 Å². The molecule has 156 valence electrons. The van der Waals surface area contributed by atoms with Gasteiger partial charge in [-0.15, -0.1) is 0 Å². The number of aromatic nitrogens is 2. The van der Waals surface area contributed by atoms with Crippen LogP contribution in [0.3, 0.4) is 0 Å². The summed E-state index contributed by atoms with van der Waals surface area (Å²) in [5.74, 6) is -2.74. The summed E-state index contributed by atoms with van der Waals surface area (Å²) >= 11 is 5.43. The number of halogens is 4. The number of hydrogen-bond donors (Lipinski definition) is 2. The molecule has 0 fully saturated rings. The van der Waals surface area contributed by atoms with E-state index in [0.717, 1.165) is 12.1 Å². The first-order valence-electron chi connectivity index (χ1n) is 7.97. The Balaban J connectivity index is 0.000000269. The Morgan fingerprint density at radius 3 is 2.03 bits per heavy atom. The lowest BCUT2D eigenvalue weighted by atomic mass is 10.2. The highest BCUT2D eigenvalue weighted by Crippen LogP contribution is 2.32. The maximum atomic E-state index is 12.5. The van der Waals surface area contributed by atoms with Crippen LogP contribution < -0.4 is 4.74 Å². The minimum Gasteiger partial charge on any atom is -0.478 e. The van der Waals surface area contributed by atoms with E-state index in [1.165, 1.54) is 48.8 Å². The second-order valence-electron chi connectivity index (χ2n) is 5.44. The Labute approximate surface area is 172 Å². The maximum Gasteiger partial charge on any atom is 0.416 e. The molecule has 1 aromatic carbocycles. The van der Waals surface area contributed by atoms with Crippen LogP contribution in [0.5, 0.6) is 11.6 Å². The first-order valence-corrected chi connectivity index (χ1v) is 8.34. The van der Waals surface area contributed by atoms with Gasteiger partial charge in [-0.25, -0.2) is 19.6 Å². The molecule has 0 aliphatic rings. The Hall–Kier alpha value is -3.66. The SMILES string of the molecule is O=C(O)c1cccnc1Cl.O=C(O)c1cccnc1Oc1cccc(C(F)(F)F)c1. The highest BCUT2D eigenvalue weighted by Gasteiger charge is 2.30. The third kappa shape index (κ3) is 6.17. The zero-order valence-electron chi connectivity index (χ0n) is 14.8. The van der Waals surface area contributed by atoms with Crippen LogP contribution in [0.15, 0.2) is 60.9 Å². The number of carboxylic acids is 2. The summed E-state index contributed by atoms with van der Waals surface area (Å²) in [5, 5.41) is 17.4. The molecule has 3 aromatic rings. The van der Waals surface area contributed by atoms with Gasteiger partial charge in [0.2, 0.25) is 5.88 Å². The van der Waals surface area contributed by atoms with Crippen LogP contribution in [0.1, 0.15) is 26.3 Å². The maximum absolute atomic E-state index is 12.5. The lowest BCUT2D eigenvalue weighted by molar-refractivity contribution is -0.137. The van der Waals surface area contributed by atoms with Crippen LogP contribution >= 0.6 is 11.6 Å². The molecule has 0 amide bonds. The van der Waals surface area contributed by atoms with E-state index in [9.17, 15) is 22.8 Å². The first kappa shape index (κ1) is 22.6. The summed E-state index contributed by atoms with van der Waals surface area (Å²) < 4.78 is 42.8. The molecule has 0 unspecified atom stereocenters. The van der Waals surface area contributed by atoms with Gasteiger partial charge in [0.1, 0.15) is 16.5 Å². The summed E-state index contributed by atoms with van der Waals surface area (Å²) in [5.41, 5.74) is -1.09. The van der Waals surface area contributed by atoms with Gasteiger partial charge in [-0.05, 0) is 42.5 Å². The van der Waals surface area contributed by atoms with E-state index in [2.05, 4.69) is 9.97 Å². The summed E-state index contributed by atoms with van der Waals surface area (Å²) in [4.78, 5) is 28.5. The van der Waals surface area contributed by atoms with Crippen molar-refractivity contribution in [3.63, 3.8) is 0 Å². The van der Waals surface area contributed by atoms with Gasteiger partial charge in [0.25, 0.3) is 0 Å². The molecule has 2 heterocycles. The summed E-state index contributed by atoms with van der Waals surface area (Å²) in [6, 6.07) is 9.69. The predicted octanol–water partition coefficient (Wildman–Crippen LogP) is 5.02. The molecule has 0 radical (unpaired) electrons. The third-order valence-electron chi connectivity index (χ3n) is 3.37. The van der Waals surface area contributed by atoms with Crippen LogP contribution in [0.4, 0.5) is 13.2 Å². The molecule has 30 heavy (non-hydrogen) atoms. The fourth-order valence-electron chi connectivity index (χ4n) is 2.03. The topological polar surface area (TPSA) is 110 Å². The third-order valence-corrected chi connectivity index (χ3v) is 3.67. The standard InChI is InChI=1S/C13H8F3NO3.C6H4ClNO2/c14-13(15,16)8-3-1-4-9(7-8)20-11-10(12(18)19)5-2-6-17-11;7-5-4(6(9)10)2-1-3-8-5/h1-7H,(H,18,19);1-3H,(H,9,10). The summed E-state index contributed by atoms with van der Waals surface area (Å²) in [7, 11) is 0. The van der Waals surface area contributed by atoms with Gasteiger partial charge < -0.3 is 14.9 Å². The molecule has 0 saturated heterocycles. The summed E-state index contributed by atoms with van der Waals surface area (Å²) in [6.45, 7) is 0. The van der Waals surface area contributed by atoms with E-state index in [-0.39, 0.29) is 27.9 Å². The molecule has 7 nitrogen and oxygen atoms in total. The number of nitrogens with zero attached hydrogens (tertiary/aromatic N) is 2. The van der Waals surface area contributed by atoms with Crippen LogP contribution in [-0.2, 0) is 6.18 Å². The van der Waals surface area contributed by atoms with E-state index in [4.69, 9.17) is 26.6 Å². The molecular weight excluding hydrogens is 429 g/mol. The minimum absolute atomic E-state index is 0.0231. The highest BCUT2D eigenvalue weighted by atomic mass is 35.5. The van der Waals surface area contributed by atoms with Crippen molar-refractivity contribution in [1.29, 1.82) is 0 Å². The lowest BCUT2D eigenvalue weighted by Gasteiger charge is -2.10. The number of pyridine rings is 2. The van der Waals surface area contributed by atoms with Gasteiger partial charge in [0, 0.05) is 12.4 Å². The van der Waals surface area contributed by atoms with Gasteiger partial charge in [-0.3, -0.25) is 0 Å². The van der Waals surface area contributed by atoms with Crippen molar-refractivity contribution in [2.45, 2.75) is 6.18 Å². The second-order valence-corrected chi connectivity index (χ2v) is 5.79. The lowest BCUT2D eigenvalue weighted by Crippen LogP contribution is -2.05. The van der Waals surface area contributed by atoms with Gasteiger partial charge in [0.05, 0.1) is 11.1 Å². The van der Waals surface area contributed by atoms with Crippen LogP contribution in [0, 0.1) is 0 Å². The van der Waals surface area contributed by atoms with E-state index in [0.29, 0.717) is 0 Å². The Kier molecular flexibility index (Phi) is 7.32. The van der Waals surface area contributed by atoms with Crippen LogP contribution in [0.25, 0.3) is 0 Å². The van der Waals surface area contributed by atoms with E-state index in [1.54, 1.807) is 0 Å². The molecule has 0 spiro atoms. The molecule has 0 aliphatic carbocycles. The van der Waals surface area contributed by atoms with Crippen LogP contribution in [-0.4, -0.2) is 32.1 Å². The number of ether oxygens (including phenoxy) is 1. The Morgan fingerprint density at radius 1 is 0.900 bits per heavy atom. The number of alkyl halides is 3. The van der Waals surface area contributed by atoms with Crippen molar-refractivity contribution in [3.05, 3.63) is 82.8 Å². The fraction of sp³-hybridized carbons (Fsp3) is 0.0526. The number of benzene rings is 1. The van der Waals surface area contributed by atoms with E-state index >= 15 is 0 Å². The largest absolute Gasteiger partial charge is 0.478 e. The average molecular weight is 441 g/mol. The molecule has 0 aliphatic heterocycles. The van der Waals surface area contributed by atoms with Crippen molar-refractivity contribution in [2.75, 3.05) is 0 Å². The van der Waals surface area contributed by atoms with Gasteiger partial charge in [-0.2, -0.15) is 13.2 Å². The molecule has 0 bridgehead atoms. The zero-order chi connectivity index (χ0) is 22.3. The summed E-state index contributed by atoms with van der Waals surface area (Å²) in [6.07, 6.45) is -1.77. The number of carboxylic acid groups (broad SMARTS) is 2. The monoisotopic (exact) mass is 440 g/mol. The van der Waals surface area contributed by atoms with Gasteiger partial charge >= 0.3 is 18.1 Å². The van der Waals surface area contributed by atoms with E-state index < -0.39 is 23.7 Å². The Bertz CT molecular complexity index is 1060. The second kappa shape index (κ2) is 9.70. The molecule has 0 saturated carbocycles. The molecule has 3 rings (SSSR count). The zero-order valence-corrected chi connectivity index (χ0v) is 15.6. The predicted molar refractivity (Wildman–Crippen MR) is 98.9 cm³/mol. The van der Waals surface area contributed by atoms with Crippen molar-refractivity contribution >= 4 is 23.5 Å². The number of aromatic carboxylic acids is 2. The van der Waals surface area contributed by atoms with Crippen molar-refractivity contribution in [2.24, 2.45) is 0 Å². The molecule has 11 heteroatoms. The fourth-order valence-corrected chi connectivity index (χ4v) is 2.23. The highest BCUT2D eigenvalue weighted by molar-refractivity contribution is 6.32. The van der Waals surface area contributed by atoms with Crippen molar-refractivity contribution in [3.8, 4) is 11.6 Å². The normalized spacial score (nSPS) is 10.5. The van der Waals surface area contributed by atoms with Crippen molar-refractivity contribution in [1.82, 2.24) is 9.97 Å². The van der Waals surface area contributed by atoms with Gasteiger partial charge in [-0.1, -0.05) is 17.7 Å². The Morgan fingerprint density at radius 2 is 1.50 bits per heavy atom.